The van der Waals surface area contributed by atoms with Crippen LogP contribution in [0.25, 0.3) is 5.65 Å². The molecule has 0 amide bonds. The van der Waals surface area contributed by atoms with Gasteiger partial charge in [0, 0.05) is 13.1 Å². The molecular formula is C15H22N5O7P. The van der Waals surface area contributed by atoms with Crippen LogP contribution in [0.3, 0.4) is 0 Å². The van der Waals surface area contributed by atoms with Crippen LogP contribution >= 0.6 is 7.60 Å². The van der Waals surface area contributed by atoms with Gasteiger partial charge >= 0.3 is 7.60 Å². The van der Waals surface area contributed by atoms with Gasteiger partial charge in [0.15, 0.2) is 11.5 Å². The highest BCUT2D eigenvalue weighted by Crippen LogP contribution is 2.37. The molecule has 13 heteroatoms. The lowest BCUT2D eigenvalue weighted by molar-refractivity contribution is -0.0402. The molecule has 2 aromatic rings. The van der Waals surface area contributed by atoms with Gasteiger partial charge < -0.3 is 34.4 Å². The van der Waals surface area contributed by atoms with Crippen molar-refractivity contribution in [3.8, 4) is 0 Å². The summed E-state index contributed by atoms with van der Waals surface area (Å²) < 4.78 is 23.0. The van der Waals surface area contributed by atoms with Crippen LogP contribution in [0.1, 0.15) is 24.6 Å². The van der Waals surface area contributed by atoms with E-state index >= 15 is 0 Å². The number of aliphatic hydroxyl groups excluding tert-OH is 2. The van der Waals surface area contributed by atoms with Crippen LogP contribution in [-0.2, 0) is 14.0 Å². The number of aliphatic hydroxyl groups is 2. The van der Waals surface area contributed by atoms with Crippen molar-refractivity contribution in [2.45, 2.75) is 37.3 Å². The molecule has 4 atom stereocenters. The average molecular weight is 415 g/mol. The Morgan fingerprint density at radius 2 is 1.96 bits per heavy atom. The number of fused-ring (bicyclic) bond motifs is 1. The lowest BCUT2D eigenvalue weighted by Gasteiger charge is -2.17. The smallest absolute Gasteiger partial charge is 0.350 e. The summed E-state index contributed by atoms with van der Waals surface area (Å²) in [6.07, 6.45) is -0.129. The molecule has 0 saturated carbocycles. The van der Waals surface area contributed by atoms with Crippen molar-refractivity contribution in [3.63, 3.8) is 0 Å². The minimum atomic E-state index is -4.33. The molecule has 2 aliphatic heterocycles. The van der Waals surface area contributed by atoms with Gasteiger partial charge in [0.1, 0.15) is 37.1 Å². The molecule has 2 aromatic heterocycles. The number of nitrogens with zero attached hydrogens (tertiary/aromatic N) is 5. The van der Waals surface area contributed by atoms with E-state index in [2.05, 4.69) is 20.0 Å². The standard InChI is InChI=1S/C15H22N5O7P/c21-11-10(6-26-8-28(23,24)25)27-13(12(11)22)9-5-16-15-14(17-7-18-20(9)15)19-3-1-2-4-19/h5,7,10-13,21-22H,1-4,6,8H2,(H2,23,24,25)/t10-,11-,12-,13+/m1/s1. The van der Waals surface area contributed by atoms with Crippen LogP contribution in [0.4, 0.5) is 5.82 Å². The first-order valence-corrected chi connectivity index (χ1v) is 10.7. The first kappa shape index (κ1) is 19.6. The summed E-state index contributed by atoms with van der Waals surface area (Å²) in [6.45, 7) is 1.49. The summed E-state index contributed by atoms with van der Waals surface area (Å²) >= 11 is 0. The second-order valence-corrected chi connectivity index (χ2v) is 8.52. The minimum Gasteiger partial charge on any atom is -0.387 e. The van der Waals surface area contributed by atoms with Crippen molar-refractivity contribution in [1.82, 2.24) is 19.6 Å². The highest BCUT2D eigenvalue weighted by Gasteiger charge is 2.45. The number of ether oxygens (including phenoxy) is 2. The summed E-state index contributed by atoms with van der Waals surface area (Å²) in [5, 5.41) is 24.9. The normalized spacial score (nSPS) is 28.5. The summed E-state index contributed by atoms with van der Waals surface area (Å²) in [4.78, 5) is 28.5. The predicted molar refractivity (Wildman–Crippen MR) is 94.7 cm³/mol. The van der Waals surface area contributed by atoms with Crippen LogP contribution in [0.2, 0.25) is 0 Å². The molecule has 28 heavy (non-hydrogen) atoms. The lowest BCUT2D eigenvalue weighted by atomic mass is 10.1. The molecule has 0 unspecified atom stereocenters. The summed E-state index contributed by atoms with van der Waals surface area (Å²) in [5.41, 5.74) is 0.979. The summed E-state index contributed by atoms with van der Waals surface area (Å²) in [6, 6.07) is 0. The number of hydrogen-bond acceptors (Lipinski definition) is 9. The van der Waals surface area contributed by atoms with Gasteiger partial charge in [-0.25, -0.2) is 14.5 Å². The van der Waals surface area contributed by atoms with Gasteiger partial charge in [0.05, 0.1) is 18.5 Å². The molecule has 2 aliphatic rings. The van der Waals surface area contributed by atoms with Gasteiger partial charge in [0.2, 0.25) is 0 Å². The fraction of sp³-hybridized carbons (Fsp3) is 0.667. The van der Waals surface area contributed by atoms with Gasteiger partial charge in [-0.3, -0.25) is 4.57 Å². The van der Waals surface area contributed by atoms with Gasteiger partial charge in [-0.2, -0.15) is 5.10 Å². The van der Waals surface area contributed by atoms with E-state index in [9.17, 15) is 14.8 Å². The number of aromatic nitrogens is 4. The first-order valence-electron chi connectivity index (χ1n) is 8.92. The maximum Gasteiger partial charge on any atom is 0.350 e. The molecule has 154 valence electrons. The zero-order valence-electron chi connectivity index (χ0n) is 14.9. The van der Waals surface area contributed by atoms with Gasteiger partial charge in [0.25, 0.3) is 0 Å². The fourth-order valence-corrected chi connectivity index (χ4v) is 3.93. The molecule has 4 N–H and O–H groups in total. The van der Waals surface area contributed by atoms with E-state index in [1.165, 1.54) is 17.0 Å². The molecule has 0 aliphatic carbocycles. The van der Waals surface area contributed by atoms with E-state index in [-0.39, 0.29) is 6.61 Å². The van der Waals surface area contributed by atoms with Crippen molar-refractivity contribution in [2.75, 3.05) is 30.9 Å². The molecular weight excluding hydrogens is 393 g/mol. The Morgan fingerprint density at radius 1 is 1.21 bits per heavy atom. The van der Waals surface area contributed by atoms with E-state index in [0.717, 1.165) is 25.9 Å². The van der Waals surface area contributed by atoms with Crippen LogP contribution < -0.4 is 4.90 Å². The second-order valence-electron chi connectivity index (χ2n) is 6.94. The van der Waals surface area contributed by atoms with E-state index in [1.54, 1.807) is 0 Å². The van der Waals surface area contributed by atoms with Crippen molar-refractivity contribution in [1.29, 1.82) is 0 Å². The molecule has 0 aromatic carbocycles. The zero-order chi connectivity index (χ0) is 19.9. The lowest BCUT2D eigenvalue weighted by Crippen LogP contribution is -2.33. The molecule has 0 bridgehead atoms. The van der Waals surface area contributed by atoms with Gasteiger partial charge in [-0.1, -0.05) is 0 Å². The molecule has 2 saturated heterocycles. The van der Waals surface area contributed by atoms with E-state index in [1.807, 2.05) is 0 Å². The Hall–Kier alpha value is -1.66. The molecule has 12 nitrogen and oxygen atoms in total. The van der Waals surface area contributed by atoms with E-state index < -0.39 is 38.4 Å². The van der Waals surface area contributed by atoms with Crippen LogP contribution in [-0.4, -0.2) is 83.9 Å². The molecule has 2 fully saturated rings. The Balaban J connectivity index is 1.54. The Morgan fingerprint density at radius 3 is 2.68 bits per heavy atom. The Kier molecular flexibility index (Phi) is 5.36. The van der Waals surface area contributed by atoms with Crippen LogP contribution in [0.15, 0.2) is 12.5 Å². The maximum absolute atomic E-state index is 10.9. The van der Waals surface area contributed by atoms with Crippen LogP contribution in [0.5, 0.6) is 0 Å². The van der Waals surface area contributed by atoms with E-state index in [0.29, 0.717) is 17.2 Å². The first-order chi connectivity index (χ1) is 13.3. The van der Waals surface area contributed by atoms with Crippen LogP contribution in [0, 0.1) is 0 Å². The molecule has 4 heterocycles. The fourth-order valence-electron chi connectivity index (χ4n) is 3.59. The third kappa shape index (κ3) is 3.77. The second kappa shape index (κ2) is 7.64. The predicted octanol–water partition coefficient (Wildman–Crippen LogP) is -0.962. The Labute approximate surface area is 159 Å². The number of rotatable bonds is 6. The van der Waals surface area contributed by atoms with Crippen molar-refractivity contribution >= 4 is 19.1 Å². The van der Waals surface area contributed by atoms with Crippen molar-refractivity contribution < 1.29 is 34.0 Å². The largest absolute Gasteiger partial charge is 0.387 e. The highest BCUT2D eigenvalue weighted by molar-refractivity contribution is 7.51. The molecule has 4 rings (SSSR count). The minimum absolute atomic E-state index is 0.273. The number of imidazole rings is 1. The maximum atomic E-state index is 10.9. The highest BCUT2D eigenvalue weighted by atomic mass is 31.2. The van der Waals surface area contributed by atoms with Crippen molar-refractivity contribution in [2.24, 2.45) is 0 Å². The SMILES string of the molecule is O=P(O)(O)COC[C@H]1O[C@@H](c2cnc3c(N4CCCC4)ncnn23)[C@H](O)[C@@H]1O. The summed E-state index contributed by atoms with van der Waals surface area (Å²) in [7, 11) is -4.33. The average Bonchev–Trinajstić information content (AvgIpc) is 3.36. The van der Waals surface area contributed by atoms with Crippen molar-refractivity contribution in [3.05, 3.63) is 18.2 Å². The topological polar surface area (TPSA) is 163 Å². The number of anilines is 1. The third-order valence-corrected chi connectivity index (χ3v) is 5.43. The van der Waals surface area contributed by atoms with Gasteiger partial charge in [-0.05, 0) is 12.8 Å². The quantitative estimate of drug-likeness (QED) is 0.430. The van der Waals surface area contributed by atoms with Gasteiger partial charge in [-0.15, -0.1) is 0 Å². The number of hydrogen-bond donors (Lipinski definition) is 4. The summed E-state index contributed by atoms with van der Waals surface area (Å²) in [5.74, 6) is 0.702. The van der Waals surface area contributed by atoms with E-state index in [4.69, 9.17) is 19.3 Å². The Bertz CT molecular complexity index is 883. The zero-order valence-corrected chi connectivity index (χ0v) is 15.8. The monoisotopic (exact) mass is 415 g/mol. The molecule has 0 spiro atoms. The molecule has 0 radical (unpaired) electrons. The third-order valence-electron chi connectivity index (χ3n) is 4.91.